The molecule has 0 fully saturated rings. The average molecular weight is 269 g/mol. The molecule has 5 heteroatoms. The van der Waals surface area contributed by atoms with Crippen LogP contribution in [0.25, 0.3) is 6.08 Å². The van der Waals surface area contributed by atoms with Gasteiger partial charge in [0.25, 0.3) is 5.56 Å². The molecule has 0 aliphatic carbocycles. The zero-order chi connectivity index (χ0) is 14.3. The third-order valence-electron chi connectivity index (χ3n) is 3.67. The predicted octanol–water partition coefficient (Wildman–Crippen LogP) is 0.747. The maximum Gasteiger partial charge on any atom is 0.330 e. The highest BCUT2D eigenvalue weighted by Gasteiger charge is 2.25. The van der Waals surface area contributed by atoms with E-state index in [1.54, 1.807) is 19.3 Å². The molecule has 0 saturated heterocycles. The fraction of sp³-hybridized carbons (Fsp3) is 0.200. The molecule has 1 aromatic heterocycles. The van der Waals surface area contributed by atoms with Crippen LogP contribution in [0.15, 0.2) is 46.1 Å². The Balaban J connectivity index is 2.32. The molecule has 1 unspecified atom stereocenters. The minimum absolute atomic E-state index is 0.235. The fourth-order valence-electron chi connectivity index (χ4n) is 2.57. The Morgan fingerprint density at radius 1 is 1.05 bits per heavy atom. The first-order valence-electron chi connectivity index (χ1n) is 6.38. The van der Waals surface area contributed by atoms with Gasteiger partial charge in [-0.1, -0.05) is 30.3 Å². The van der Waals surface area contributed by atoms with Gasteiger partial charge in [0, 0.05) is 14.1 Å². The van der Waals surface area contributed by atoms with Crippen molar-refractivity contribution in [3.05, 3.63) is 74.2 Å². The molecule has 0 amide bonds. The summed E-state index contributed by atoms with van der Waals surface area (Å²) in [6, 6.07) is 9.49. The molecule has 1 atom stereocenters. The molecule has 1 aliphatic rings. The van der Waals surface area contributed by atoms with E-state index in [-0.39, 0.29) is 17.3 Å². The second-order valence-corrected chi connectivity index (χ2v) is 4.85. The van der Waals surface area contributed by atoms with Crippen LogP contribution in [-0.2, 0) is 14.1 Å². The van der Waals surface area contributed by atoms with E-state index in [2.05, 4.69) is 5.32 Å². The quantitative estimate of drug-likeness (QED) is 0.831. The SMILES string of the molecule is Cn1c2c(c(=O)n(C)c1=O)C(c1ccccc1)NC=C2. The van der Waals surface area contributed by atoms with Crippen LogP contribution in [0.1, 0.15) is 22.9 Å². The molecule has 2 aromatic rings. The van der Waals surface area contributed by atoms with Crippen LogP contribution in [0, 0.1) is 0 Å². The molecular weight excluding hydrogens is 254 g/mol. The Labute approximate surface area is 115 Å². The Morgan fingerprint density at radius 3 is 2.45 bits per heavy atom. The number of nitrogens with zero attached hydrogens (tertiary/aromatic N) is 2. The maximum atomic E-state index is 12.4. The molecular formula is C15H15N3O2. The third kappa shape index (κ3) is 1.71. The van der Waals surface area contributed by atoms with Gasteiger partial charge in [-0.25, -0.2) is 4.79 Å². The summed E-state index contributed by atoms with van der Waals surface area (Å²) < 4.78 is 2.65. The molecule has 5 nitrogen and oxygen atoms in total. The summed E-state index contributed by atoms with van der Waals surface area (Å²) in [6.45, 7) is 0. The van der Waals surface area contributed by atoms with Crippen LogP contribution >= 0.6 is 0 Å². The van der Waals surface area contributed by atoms with E-state index in [1.165, 1.54) is 11.6 Å². The summed E-state index contributed by atoms with van der Waals surface area (Å²) in [5.41, 5.74) is 1.68. The van der Waals surface area contributed by atoms with Gasteiger partial charge < -0.3 is 5.32 Å². The lowest BCUT2D eigenvalue weighted by Crippen LogP contribution is -2.43. The van der Waals surface area contributed by atoms with Gasteiger partial charge in [0.2, 0.25) is 0 Å². The molecule has 3 rings (SSSR count). The zero-order valence-electron chi connectivity index (χ0n) is 11.3. The van der Waals surface area contributed by atoms with Crippen molar-refractivity contribution in [1.29, 1.82) is 0 Å². The number of fused-ring (bicyclic) bond motifs is 1. The summed E-state index contributed by atoms with van der Waals surface area (Å²) in [4.78, 5) is 24.4. The number of hydrogen-bond acceptors (Lipinski definition) is 3. The van der Waals surface area contributed by atoms with Crippen LogP contribution in [0.4, 0.5) is 0 Å². The average Bonchev–Trinajstić information content (AvgIpc) is 2.51. The van der Waals surface area contributed by atoms with Crippen LogP contribution in [0.5, 0.6) is 0 Å². The third-order valence-corrected chi connectivity index (χ3v) is 3.67. The predicted molar refractivity (Wildman–Crippen MR) is 77.4 cm³/mol. The van der Waals surface area contributed by atoms with E-state index in [0.29, 0.717) is 11.3 Å². The molecule has 20 heavy (non-hydrogen) atoms. The topological polar surface area (TPSA) is 56.0 Å². The molecule has 1 aromatic carbocycles. The first-order valence-corrected chi connectivity index (χ1v) is 6.38. The van der Waals surface area contributed by atoms with Crippen molar-refractivity contribution >= 4 is 6.08 Å². The number of rotatable bonds is 1. The molecule has 0 radical (unpaired) electrons. The number of benzene rings is 1. The van der Waals surface area contributed by atoms with Crippen molar-refractivity contribution in [2.24, 2.45) is 14.1 Å². The summed E-state index contributed by atoms with van der Waals surface area (Å²) in [5.74, 6) is 0. The molecule has 102 valence electrons. The Kier molecular flexibility index (Phi) is 2.82. The highest BCUT2D eigenvalue weighted by Crippen LogP contribution is 2.25. The van der Waals surface area contributed by atoms with E-state index < -0.39 is 0 Å². The first kappa shape index (κ1) is 12.5. The molecule has 1 N–H and O–H groups in total. The van der Waals surface area contributed by atoms with E-state index >= 15 is 0 Å². The number of hydrogen-bond donors (Lipinski definition) is 1. The highest BCUT2D eigenvalue weighted by molar-refractivity contribution is 5.55. The van der Waals surface area contributed by atoms with Gasteiger partial charge in [0.1, 0.15) is 0 Å². The van der Waals surface area contributed by atoms with Gasteiger partial charge in [-0.2, -0.15) is 0 Å². The fourth-order valence-corrected chi connectivity index (χ4v) is 2.57. The molecule has 1 aliphatic heterocycles. The van der Waals surface area contributed by atoms with Crippen molar-refractivity contribution in [3.8, 4) is 0 Å². The summed E-state index contributed by atoms with van der Waals surface area (Å²) in [5, 5.41) is 3.20. The minimum atomic E-state index is -0.313. The lowest BCUT2D eigenvalue weighted by atomic mass is 9.96. The van der Waals surface area contributed by atoms with E-state index in [0.717, 1.165) is 10.1 Å². The van der Waals surface area contributed by atoms with Gasteiger partial charge in [-0.3, -0.25) is 13.9 Å². The van der Waals surface area contributed by atoms with Gasteiger partial charge in [0.15, 0.2) is 0 Å². The van der Waals surface area contributed by atoms with Crippen molar-refractivity contribution in [2.45, 2.75) is 6.04 Å². The van der Waals surface area contributed by atoms with Crippen LogP contribution in [0.2, 0.25) is 0 Å². The normalized spacial score (nSPS) is 16.6. The molecule has 0 spiro atoms. The van der Waals surface area contributed by atoms with Gasteiger partial charge >= 0.3 is 5.69 Å². The first-order chi connectivity index (χ1) is 9.61. The van der Waals surface area contributed by atoms with E-state index in [4.69, 9.17) is 0 Å². The van der Waals surface area contributed by atoms with Gasteiger partial charge in [-0.05, 0) is 17.8 Å². The number of aromatic nitrogens is 2. The van der Waals surface area contributed by atoms with Crippen molar-refractivity contribution < 1.29 is 0 Å². The second kappa shape index (κ2) is 4.52. The van der Waals surface area contributed by atoms with Crippen molar-refractivity contribution in [1.82, 2.24) is 14.5 Å². The van der Waals surface area contributed by atoms with Crippen LogP contribution in [0.3, 0.4) is 0 Å². The second-order valence-electron chi connectivity index (χ2n) is 4.85. The molecule has 0 bridgehead atoms. The maximum absolute atomic E-state index is 12.4. The Morgan fingerprint density at radius 2 is 1.75 bits per heavy atom. The van der Waals surface area contributed by atoms with Gasteiger partial charge in [-0.15, -0.1) is 0 Å². The van der Waals surface area contributed by atoms with E-state index in [1.807, 2.05) is 30.3 Å². The number of nitrogens with one attached hydrogen (secondary N) is 1. The highest BCUT2D eigenvalue weighted by atomic mass is 16.2. The lowest BCUT2D eigenvalue weighted by molar-refractivity contribution is 0.616. The lowest BCUT2D eigenvalue weighted by Gasteiger charge is -2.25. The van der Waals surface area contributed by atoms with Crippen LogP contribution < -0.4 is 16.6 Å². The monoisotopic (exact) mass is 269 g/mol. The largest absolute Gasteiger partial charge is 0.380 e. The minimum Gasteiger partial charge on any atom is -0.380 e. The smallest absolute Gasteiger partial charge is 0.330 e. The zero-order valence-corrected chi connectivity index (χ0v) is 11.3. The molecule has 2 heterocycles. The summed E-state index contributed by atoms with van der Waals surface area (Å²) in [7, 11) is 3.18. The van der Waals surface area contributed by atoms with Crippen LogP contribution in [-0.4, -0.2) is 9.13 Å². The Hall–Kier alpha value is -2.56. The summed E-state index contributed by atoms with van der Waals surface area (Å²) in [6.07, 6.45) is 3.54. The van der Waals surface area contributed by atoms with Gasteiger partial charge in [0.05, 0.1) is 17.3 Å². The molecule has 0 saturated carbocycles. The van der Waals surface area contributed by atoms with E-state index in [9.17, 15) is 9.59 Å². The summed E-state index contributed by atoms with van der Waals surface area (Å²) >= 11 is 0. The van der Waals surface area contributed by atoms with Crippen molar-refractivity contribution in [3.63, 3.8) is 0 Å². The van der Waals surface area contributed by atoms with Crippen molar-refractivity contribution in [2.75, 3.05) is 0 Å². The Bertz CT molecular complexity index is 800. The standard InChI is InChI=1S/C15H15N3O2/c1-17-11-8-9-16-13(10-6-4-3-5-7-10)12(11)14(19)18(2)15(17)20/h3-9,13,16H,1-2H3.